The highest BCUT2D eigenvalue weighted by molar-refractivity contribution is 6.34. The van der Waals surface area contributed by atoms with Gasteiger partial charge in [0, 0.05) is 17.3 Å². The zero-order chi connectivity index (χ0) is 21.5. The molecule has 0 heterocycles. The van der Waals surface area contributed by atoms with Crippen LogP contribution in [-0.2, 0) is 0 Å². The van der Waals surface area contributed by atoms with E-state index < -0.39 is 0 Å². The van der Waals surface area contributed by atoms with Gasteiger partial charge in [-0.25, -0.2) is 0 Å². The summed E-state index contributed by atoms with van der Waals surface area (Å²) in [4.78, 5) is 25.4. The molecule has 5 nitrogen and oxygen atoms in total. The lowest BCUT2D eigenvalue weighted by molar-refractivity contribution is 0.0926. The van der Waals surface area contributed by atoms with Gasteiger partial charge < -0.3 is 15.4 Å². The average Bonchev–Trinajstić information content (AvgIpc) is 2.74. The summed E-state index contributed by atoms with van der Waals surface area (Å²) in [6.45, 7) is 4.72. The van der Waals surface area contributed by atoms with Gasteiger partial charge in [-0.1, -0.05) is 50.8 Å². The SMILES string of the molecule is CC(C)COc1cccc(C(=O)Nc2ccc(Cl)c(C(=O)NC3CCCCC3)c2)c1. The summed E-state index contributed by atoms with van der Waals surface area (Å²) in [6, 6.07) is 12.2. The van der Waals surface area contributed by atoms with Crippen LogP contribution >= 0.6 is 11.6 Å². The third-order valence-corrected chi connectivity index (χ3v) is 5.42. The summed E-state index contributed by atoms with van der Waals surface area (Å²) in [7, 11) is 0. The molecule has 0 saturated heterocycles. The van der Waals surface area contributed by atoms with Gasteiger partial charge in [0.15, 0.2) is 0 Å². The summed E-state index contributed by atoms with van der Waals surface area (Å²) in [6.07, 6.45) is 5.48. The second-order valence-corrected chi connectivity index (χ2v) is 8.60. The maximum atomic E-state index is 12.7. The van der Waals surface area contributed by atoms with E-state index in [1.54, 1.807) is 36.4 Å². The largest absolute Gasteiger partial charge is 0.493 e. The van der Waals surface area contributed by atoms with Gasteiger partial charge in [-0.2, -0.15) is 0 Å². The summed E-state index contributed by atoms with van der Waals surface area (Å²) in [5.74, 6) is 0.577. The van der Waals surface area contributed by atoms with Crippen molar-refractivity contribution in [3.05, 3.63) is 58.6 Å². The van der Waals surface area contributed by atoms with Gasteiger partial charge >= 0.3 is 0 Å². The number of benzene rings is 2. The quantitative estimate of drug-likeness (QED) is 0.595. The third-order valence-electron chi connectivity index (χ3n) is 5.09. The Bertz CT molecular complexity index is 892. The fourth-order valence-electron chi connectivity index (χ4n) is 3.48. The van der Waals surface area contributed by atoms with Crippen LogP contribution in [0.2, 0.25) is 5.02 Å². The number of hydrogen-bond acceptors (Lipinski definition) is 3. The highest BCUT2D eigenvalue weighted by atomic mass is 35.5. The van der Waals surface area contributed by atoms with E-state index in [9.17, 15) is 9.59 Å². The van der Waals surface area contributed by atoms with Crippen LogP contribution in [0.4, 0.5) is 5.69 Å². The summed E-state index contributed by atoms with van der Waals surface area (Å²) in [5.41, 5.74) is 1.38. The van der Waals surface area contributed by atoms with Crippen molar-refractivity contribution in [1.82, 2.24) is 5.32 Å². The summed E-state index contributed by atoms with van der Waals surface area (Å²) >= 11 is 6.25. The first kappa shape index (κ1) is 22.2. The highest BCUT2D eigenvalue weighted by Gasteiger charge is 2.19. The molecule has 2 amide bonds. The Morgan fingerprint density at radius 1 is 1.07 bits per heavy atom. The van der Waals surface area contributed by atoms with Crippen molar-refractivity contribution >= 4 is 29.1 Å². The Kier molecular flexibility index (Phi) is 7.75. The summed E-state index contributed by atoms with van der Waals surface area (Å²) < 4.78 is 5.70. The number of rotatable bonds is 7. The molecule has 160 valence electrons. The molecule has 0 atom stereocenters. The van der Waals surface area contributed by atoms with Crippen LogP contribution in [0, 0.1) is 5.92 Å². The molecule has 1 fully saturated rings. The molecular weight excluding hydrogens is 400 g/mol. The number of amides is 2. The number of ether oxygens (including phenoxy) is 1. The monoisotopic (exact) mass is 428 g/mol. The van der Waals surface area contributed by atoms with E-state index in [0.717, 1.165) is 25.7 Å². The van der Waals surface area contributed by atoms with Gasteiger partial charge in [-0.05, 0) is 55.2 Å². The Morgan fingerprint density at radius 3 is 2.57 bits per heavy atom. The average molecular weight is 429 g/mol. The smallest absolute Gasteiger partial charge is 0.255 e. The molecule has 0 bridgehead atoms. The minimum Gasteiger partial charge on any atom is -0.493 e. The molecule has 3 rings (SSSR count). The van der Waals surface area contributed by atoms with Crippen LogP contribution in [0.25, 0.3) is 0 Å². The zero-order valence-electron chi connectivity index (χ0n) is 17.5. The van der Waals surface area contributed by atoms with Crippen LogP contribution in [0.3, 0.4) is 0 Å². The van der Waals surface area contributed by atoms with Crippen molar-refractivity contribution < 1.29 is 14.3 Å². The second-order valence-electron chi connectivity index (χ2n) is 8.19. The standard InChI is InChI=1S/C24H29ClN2O3/c1-16(2)15-30-20-10-6-7-17(13-20)23(28)27-19-11-12-22(25)21(14-19)24(29)26-18-8-4-3-5-9-18/h6-7,10-14,16,18H,3-5,8-9,15H2,1-2H3,(H,26,29)(H,27,28). The predicted molar refractivity (Wildman–Crippen MR) is 121 cm³/mol. The molecule has 0 aliphatic heterocycles. The molecule has 6 heteroatoms. The van der Waals surface area contributed by atoms with Crippen molar-refractivity contribution in [1.29, 1.82) is 0 Å². The van der Waals surface area contributed by atoms with Crippen LogP contribution in [0.15, 0.2) is 42.5 Å². The number of hydrogen-bond donors (Lipinski definition) is 2. The van der Waals surface area contributed by atoms with Gasteiger partial charge in [0.05, 0.1) is 17.2 Å². The first-order valence-electron chi connectivity index (χ1n) is 10.6. The van der Waals surface area contributed by atoms with Gasteiger partial charge in [0.25, 0.3) is 11.8 Å². The number of carbonyl (C=O) groups excluding carboxylic acids is 2. The Labute approximate surface area is 183 Å². The van der Waals surface area contributed by atoms with Crippen molar-refractivity contribution in [3.8, 4) is 5.75 Å². The molecule has 0 spiro atoms. The molecule has 30 heavy (non-hydrogen) atoms. The molecular formula is C24H29ClN2O3. The number of nitrogens with one attached hydrogen (secondary N) is 2. The van der Waals surface area contributed by atoms with Gasteiger partial charge in [-0.15, -0.1) is 0 Å². The number of halogens is 1. The fourth-order valence-corrected chi connectivity index (χ4v) is 3.68. The molecule has 2 aromatic rings. The second kappa shape index (κ2) is 10.5. The zero-order valence-corrected chi connectivity index (χ0v) is 18.3. The van der Waals surface area contributed by atoms with Crippen LogP contribution < -0.4 is 15.4 Å². The van der Waals surface area contributed by atoms with E-state index in [1.165, 1.54) is 6.42 Å². The molecule has 1 aliphatic carbocycles. The van der Waals surface area contributed by atoms with Crippen LogP contribution in [0.5, 0.6) is 5.75 Å². The minimum atomic E-state index is -0.272. The van der Waals surface area contributed by atoms with E-state index >= 15 is 0 Å². The Hall–Kier alpha value is -2.53. The van der Waals surface area contributed by atoms with Crippen molar-refractivity contribution in [2.75, 3.05) is 11.9 Å². The Morgan fingerprint density at radius 2 is 1.83 bits per heavy atom. The minimum absolute atomic E-state index is 0.189. The van der Waals surface area contributed by atoms with E-state index in [-0.39, 0.29) is 17.9 Å². The topological polar surface area (TPSA) is 67.4 Å². The molecule has 1 saturated carbocycles. The lowest BCUT2D eigenvalue weighted by Gasteiger charge is -2.23. The Balaban J connectivity index is 1.68. The molecule has 1 aliphatic rings. The highest BCUT2D eigenvalue weighted by Crippen LogP contribution is 2.23. The number of anilines is 1. The third kappa shape index (κ3) is 6.23. The number of carbonyl (C=O) groups is 2. The van der Waals surface area contributed by atoms with Crippen molar-refractivity contribution in [2.45, 2.75) is 52.0 Å². The van der Waals surface area contributed by atoms with E-state index in [1.807, 2.05) is 6.07 Å². The normalized spacial score (nSPS) is 14.4. The van der Waals surface area contributed by atoms with Crippen LogP contribution in [-0.4, -0.2) is 24.5 Å². The molecule has 0 radical (unpaired) electrons. The lowest BCUT2D eigenvalue weighted by Crippen LogP contribution is -2.36. The first-order valence-corrected chi connectivity index (χ1v) is 10.9. The molecule has 2 aromatic carbocycles. The molecule has 0 unspecified atom stereocenters. The van der Waals surface area contributed by atoms with Crippen LogP contribution in [0.1, 0.15) is 66.7 Å². The first-order chi connectivity index (χ1) is 14.4. The lowest BCUT2D eigenvalue weighted by atomic mass is 9.95. The van der Waals surface area contributed by atoms with Gasteiger partial charge in [-0.3, -0.25) is 9.59 Å². The van der Waals surface area contributed by atoms with Crippen molar-refractivity contribution in [2.24, 2.45) is 5.92 Å². The van der Waals surface area contributed by atoms with Gasteiger partial charge in [0.1, 0.15) is 5.75 Å². The maximum Gasteiger partial charge on any atom is 0.255 e. The molecule has 2 N–H and O–H groups in total. The fraction of sp³-hybridized carbons (Fsp3) is 0.417. The maximum absolute atomic E-state index is 12.7. The summed E-state index contributed by atoms with van der Waals surface area (Å²) in [5, 5.41) is 6.28. The van der Waals surface area contributed by atoms with Gasteiger partial charge in [0.2, 0.25) is 0 Å². The molecule has 0 aromatic heterocycles. The van der Waals surface area contributed by atoms with Crippen molar-refractivity contribution in [3.63, 3.8) is 0 Å². The predicted octanol–water partition coefficient (Wildman–Crippen LogP) is 5.69. The van der Waals surface area contributed by atoms with E-state index in [4.69, 9.17) is 16.3 Å². The van der Waals surface area contributed by atoms with E-state index in [0.29, 0.717) is 40.1 Å². The van der Waals surface area contributed by atoms with E-state index in [2.05, 4.69) is 24.5 Å².